The summed E-state index contributed by atoms with van der Waals surface area (Å²) in [5.74, 6) is 0.654. The summed E-state index contributed by atoms with van der Waals surface area (Å²) in [7, 11) is 0. The first-order valence-corrected chi connectivity index (χ1v) is 7.31. The van der Waals surface area contributed by atoms with Gasteiger partial charge in [-0.1, -0.05) is 24.3 Å². The van der Waals surface area contributed by atoms with Gasteiger partial charge in [-0.05, 0) is 57.0 Å². The highest BCUT2D eigenvalue weighted by Gasteiger charge is 2.09. The van der Waals surface area contributed by atoms with Crippen LogP contribution in [0.4, 0.5) is 10.1 Å². The molecule has 2 nitrogen and oxygen atoms in total. The fourth-order valence-corrected chi connectivity index (χ4v) is 2.28. The van der Waals surface area contributed by atoms with Crippen LogP contribution in [0.3, 0.4) is 0 Å². The Morgan fingerprint density at radius 2 is 1.81 bits per heavy atom. The average molecular weight is 287 g/mol. The molecule has 2 aromatic carbocycles. The van der Waals surface area contributed by atoms with Gasteiger partial charge in [0.25, 0.3) is 0 Å². The largest absolute Gasteiger partial charge is 0.489 e. The fourth-order valence-electron chi connectivity index (χ4n) is 2.28. The topological polar surface area (TPSA) is 21.3 Å². The molecule has 0 saturated heterocycles. The predicted octanol–water partition coefficient (Wildman–Crippen LogP) is 4.66. The Morgan fingerprint density at radius 1 is 1.05 bits per heavy atom. The van der Waals surface area contributed by atoms with E-state index in [9.17, 15) is 4.39 Å². The van der Waals surface area contributed by atoms with Gasteiger partial charge in [0, 0.05) is 6.04 Å². The van der Waals surface area contributed by atoms with Gasteiger partial charge in [0.15, 0.2) is 0 Å². The van der Waals surface area contributed by atoms with Crippen LogP contribution in [0, 0.1) is 5.82 Å². The van der Waals surface area contributed by atoms with E-state index in [0.717, 1.165) is 23.4 Å². The molecule has 1 atom stereocenters. The Kier molecular flexibility index (Phi) is 5.20. The summed E-state index contributed by atoms with van der Waals surface area (Å²) in [6.45, 7) is 6.09. The molecular weight excluding hydrogens is 265 g/mol. The molecule has 21 heavy (non-hydrogen) atoms. The Bertz CT molecular complexity index is 583. The zero-order chi connectivity index (χ0) is 15.2. The molecule has 2 aromatic rings. The van der Waals surface area contributed by atoms with Crippen molar-refractivity contribution in [2.24, 2.45) is 0 Å². The fraction of sp³-hybridized carbons (Fsp3) is 0.333. The van der Waals surface area contributed by atoms with Crippen molar-refractivity contribution in [2.75, 3.05) is 5.32 Å². The highest BCUT2D eigenvalue weighted by molar-refractivity contribution is 5.56. The standard InChI is InChI=1S/C18H22FNO/c1-13(2)21-18-10-5-4-9-17(18)20-14(3)11-15-7-6-8-16(19)12-15/h4-10,12-14,20H,11H2,1-3H3. The highest BCUT2D eigenvalue weighted by Crippen LogP contribution is 2.26. The molecule has 0 radical (unpaired) electrons. The van der Waals surface area contributed by atoms with Crippen LogP contribution in [-0.2, 0) is 6.42 Å². The molecule has 2 rings (SSSR count). The van der Waals surface area contributed by atoms with Crippen molar-refractivity contribution in [1.82, 2.24) is 0 Å². The number of benzene rings is 2. The van der Waals surface area contributed by atoms with E-state index >= 15 is 0 Å². The van der Waals surface area contributed by atoms with Gasteiger partial charge in [-0.25, -0.2) is 4.39 Å². The Morgan fingerprint density at radius 3 is 2.52 bits per heavy atom. The van der Waals surface area contributed by atoms with Gasteiger partial charge >= 0.3 is 0 Å². The third-order valence-electron chi connectivity index (χ3n) is 3.08. The number of hydrogen-bond acceptors (Lipinski definition) is 2. The first-order valence-electron chi connectivity index (χ1n) is 7.31. The zero-order valence-electron chi connectivity index (χ0n) is 12.8. The van der Waals surface area contributed by atoms with Crippen molar-refractivity contribution in [3.8, 4) is 5.75 Å². The van der Waals surface area contributed by atoms with Crippen molar-refractivity contribution in [3.05, 3.63) is 59.9 Å². The van der Waals surface area contributed by atoms with Crippen LogP contribution in [0.25, 0.3) is 0 Å². The molecule has 3 heteroatoms. The molecule has 0 aromatic heterocycles. The zero-order valence-corrected chi connectivity index (χ0v) is 12.8. The molecule has 0 heterocycles. The maximum atomic E-state index is 13.2. The molecular formula is C18H22FNO. The van der Waals surface area contributed by atoms with Gasteiger partial charge in [-0.2, -0.15) is 0 Å². The van der Waals surface area contributed by atoms with Crippen LogP contribution in [-0.4, -0.2) is 12.1 Å². The number of nitrogens with one attached hydrogen (secondary N) is 1. The average Bonchev–Trinajstić information content (AvgIpc) is 2.40. The van der Waals surface area contributed by atoms with Gasteiger partial charge in [0.1, 0.15) is 11.6 Å². The molecule has 0 saturated carbocycles. The minimum atomic E-state index is -0.191. The van der Waals surface area contributed by atoms with Crippen LogP contribution in [0.1, 0.15) is 26.3 Å². The number of hydrogen-bond donors (Lipinski definition) is 1. The minimum absolute atomic E-state index is 0.131. The maximum Gasteiger partial charge on any atom is 0.142 e. The highest BCUT2D eigenvalue weighted by atomic mass is 19.1. The number of anilines is 1. The van der Waals surface area contributed by atoms with E-state index in [1.165, 1.54) is 6.07 Å². The Hall–Kier alpha value is -2.03. The lowest BCUT2D eigenvalue weighted by Crippen LogP contribution is -2.19. The van der Waals surface area contributed by atoms with Gasteiger partial charge < -0.3 is 10.1 Å². The lowest BCUT2D eigenvalue weighted by molar-refractivity contribution is 0.243. The van der Waals surface area contributed by atoms with Crippen molar-refractivity contribution < 1.29 is 9.13 Å². The second-order valence-corrected chi connectivity index (χ2v) is 5.54. The van der Waals surface area contributed by atoms with Crippen molar-refractivity contribution in [1.29, 1.82) is 0 Å². The van der Waals surface area contributed by atoms with Crippen LogP contribution < -0.4 is 10.1 Å². The molecule has 1 N–H and O–H groups in total. The first kappa shape index (κ1) is 15.4. The van der Waals surface area contributed by atoms with Crippen molar-refractivity contribution in [3.63, 3.8) is 0 Å². The van der Waals surface area contributed by atoms with E-state index in [-0.39, 0.29) is 18.0 Å². The number of para-hydroxylation sites is 2. The van der Waals surface area contributed by atoms with Gasteiger partial charge in [0.2, 0.25) is 0 Å². The summed E-state index contributed by atoms with van der Waals surface area (Å²) in [5, 5.41) is 3.44. The molecule has 0 spiro atoms. The SMILES string of the molecule is CC(Cc1cccc(F)c1)Nc1ccccc1OC(C)C. The number of ether oxygens (including phenoxy) is 1. The minimum Gasteiger partial charge on any atom is -0.489 e. The van der Waals surface area contributed by atoms with Crippen LogP contribution >= 0.6 is 0 Å². The predicted molar refractivity (Wildman–Crippen MR) is 85.4 cm³/mol. The summed E-state index contributed by atoms with van der Waals surface area (Å²) < 4.78 is 19.0. The third-order valence-corrected chi connectivity index (χ3v) is 3.08. The molecule has 0 aliphatic heterocycles. The van der Waals surface area contributed by atoms with E-state index < -0.39 is 0 Å². The molecule has 0 amide bonds. The molecule has 112 valence electrons. The Labute approximate surface area is 126 Å². The van der Waals surface area contributed by atoms with Gasteiger partial charge in [-0.3, -0.25) is 0 Å². The molecule has 0 fully saturated rings. The summed E-state index contributed by atoms with van der Waals surface area (Å²) in [5.41, 5.74) is 1.95. The van der Waals surface area contributed by atoms with Crippen molar-refractivity contribution >= 4 is 5.69 Å². The van der Waals surface area contributed by atoms with Gasteiger partial charge in [-0.15, -0.1) is 0 Å². The lowest BCUT2D eigenvalue weighted by atomic mass is 10.1. The maximum absolute atomic E-state index is 13.2. The van der Waals surface area contributed by atoms with E-state index in [1.807, 2.05) is 44.2 Å². The quantitative estimate of drug-likeness (QED) is 0.834. The van der Waals surface area contributed by atoms with Crippen LogP contribution in [0.2, 0.25) is 0 Å². The molecule has 1 unspecified atom stereocenters. The van der Waals surface area contributed by atoms with Gasteiger partial charge in [0.05, 0.1) is 11.8 Å². The molecule has 0 aliphatic rings. The smallest absolute Gasteiger partial charge is 0.142 e. The third kappa shape index (κ3) is 4.78. The van der Waals surface area contributed by atoms with Crippen LogP contribution in [0.15, 0.2) is 48.5 Å². The van der Waals surface area contributed by atoms with Crippen molar-refractivity contribution in [2.45, 2.75) is 39.3 Å². The Balaban J connectivity index is 2.04. The molecule has 0 bridgehead atoms. The van der Waals surface area contributed by atoms with E-state index in [0.29, 0.717) is 0 Å². The normalized spacial score (nSPS) is 12.2. The van der Waals surface area contributed by atoms with E-state index in [4.69, 9.17) is 4.74 Å². The second-order valence-electron chi connectivity index (χ2n) is 5.54. The van der Waals surface area contributed by atoms with E-state index in [2.05, 4.69) is 12.2 Å². The van der Waals surface area contributed by atoms with E-state index in [1.54, 1.807) is 12.1 Å². The van der Waals surface area contributed by atoms with Crippen LogP contribution in [0.5, 0.6) is 5.75 Å². The monoisotopic (exact) mass is 287 g/mol. The summed E-state index contributed by atoms with van der Waals surface area (Å²) >= 11 is 0. The molecule has 0 aliphatic carbocycles. The number of rotatable bonds is 6. The summed E-state index contributed by atoms with van der Waals surface area (Å²) in [6, 6.07) is 14.8. The lowest BCUT2D eigenvalue weighted by Gasteiger charge is -2.19. The summed E-state index contributed by atoms with van der Waals surface area (Å²) in [6.07, 6.45) is 0.889. The summed E-state index contributed by atoms with van der Waals surface area (Å²) in [4.78, 5) is 0. The first-order chi connectivity index (χ1) is 10.0. The number of halogens is 1. The second kappa shape index (κ2) is 7.11.